The van der Waals surface area contributed by atoms with Gasteiger partial charge in [-0.1, -0.05) is 6.07 Å². The highest BCUT2D eigenvalue weighted by Gasteiger charge is 2.43. The van der Waals surface area contributed by atoms with Crippen LogP contribution in [0.2, 0.25) is 0 Å². The van der Waals surface area contributed by atoms with Gasteiger partial charge in [-0.3, -0.25) is 9.59 Å². The Morgan fingerprint density at radius 3 is 2.32 bits per heavy atom. The van der Waals surface area contributed by atoms with Gasteiger partial charge in [0.05, 0.1) is 5.54 Å². The third-order valence-electron chi connectivity index (χ3n) is 4.45. The third-order valence-corrected chi connectivity index (χ3v) is 4.45. The number of likely N-dealkylation sites (tertiary alicyclic amines) is 1. The van der Waals surface area contributed by atoms with E-state index in [0.717, 1.165) is 11.1 Å². The summed E-state index contributed by atoms with van der Waals surface area (Å²) in [4.78, 5) is 26.2. The fourth-order valence-electron chi connectivity index (χ4n) is 2.64. The fourth-order valence-corrected chi connectivity index (χ4v) is 2.64. The van der Waals surface area contributed by atoms with E-state index in [9.17, 15) is 9.59 Å². The predicted octanol–water partition coefficient (Wildman–Crippen LogP) is 2.81. The highest BCUT2D eigenvalue weighted by Crippen LogP contribution is 2.28. The molecule has 0 spiro atoms. The summed E-state index contributed by atoms with van der Waals surface area (Å²) < 4.78 is 0. The summed E-state index contributed by atoms with van der Waals surface area (Å²) in [5.74, 6) is 0.110. The number of amides is 1. The Balaban J connectivity index is 2.41. The molecular weight excluding hydrogens is 238 g/mol. The molecular formula is C16H21NO2. The maximum atomic E-state index is 12.7. The van der Waals surface area contributed by atoms with Gasteiger partial charge < -0.3 is 4.90 Å². The number of ketones is 1. The number of carbonyl (C=O) groups is 2. The van der Waals surface area contributed by atoms with Crippen molar-refractivity contribution in [1.29, 1.82) is 0 Å². The normalized spacial score (nSPS) is 17.9. The van der Waals surface area contributed by atoms with Crippen molar-refractivity contribution in [3.8, 4) is 0 Å². The van der Waals surface area contributed by atoms with Crippen LogP contribution in [0.4, 0.5) is 0 Å². The fraction of sp³-hybridized carbons (Fsp3) is 0.500. The van der Waals surface area contributed by atoms with Crippen LogP contribution in [0.25, 0.3) is 0 Å². The van der Waals surface area contributed by atoms with Gasteiger partial charge in [0.15, 0.2) is 5.78 Å². The number of benzene rings is 1. The number of rotatable bonds is 1. The van der Waals surface area contributed by atoms with Crippen molar-refractivity contribution in [2.24, 2.45) is 0 Å². The largest absolute Gasteiger partial charge is 0.326 e. The molecule has 102 valence electrons. The van der Waals surface area contributed by atoms with E-state index in [1.54, 1.807) is 4.90 Å². The minimum Gasteiger partial charge on any atom is -0.326 e. The summed E-state index contributed by atoms with van der Waals surface area (Å²) in [6, 6.07) is 3.85. The zero-order chi connectivity index (χ0) is 14.4. The molecule has 0 radical (unpaired) electrons. The van der Waals surface area contributed by atoms with Crippen LogP contribution in [-0.2, 0) is 4.79 Å². The average molecular weight is 259 g/mol. The van der Waals surface area contributed by atoms with E-state index in [2.05, 4.69) is 0 Å². The van der Waals surface area contributed by atoms with Gasteiger partial charge in [-0.15, -0.1) is 0 Å². The molecule has 0 aliphatic carbocycles. The van der Waals surface area contributed by atoms with E-state index in [-0.39, 0.29) is 11.7 Å². The maximum absolute atomic E-state index is 12.7. The van der Waals surface area contributed by atoms with Crippen LogP contribution >= 0.6 is 0 Å². The van der Waals surface area contributed by atoms with Crippen molar-refractivity contribution in [1.82, 2.24) is 4.90 Å². The van der Waals surface area contributed by atoms with Gasteiger partial charge >= 0.3 is 0 Å². The van der Waals surface area contributed by atoms with Gasteiger partial charge in [0, 0.05) is 18.5 Å². The average Bonchev–Trinajstić information content (AvgIpc) is 2.61. The summed E-state index contributed by atoms with van der Waals surface area (Å²) in [5.41, 5.74) is 3.38. The van der Waals surface area contributed by atoms with Crippen LogP contribution in [0.1, 0.15) is 47.3 Å². The molecule has 0 saturated carbocycles. The summed E-state index contributed by atoms with van der Waals surface area (Å²) in [5, 5.41) is 0. The molecule has 1 aliphatic rings. The summed E-state index contributed by atoms with van der Waals surface area (Å²) >= 11 is 0. The Labute approximate surface area is 114 Å². The second-order valence-electron chi connectivity index (χ2n) is 5.87. The Morgan fingerprint density at radius 2 is 1.79 bits per heavy atom. The molecule has 1 amide bonds. The van der Waals surface area contributed by atoms with Crippen LogP contribution in [0.3, 0.4) is 0 Å². The molecule has 0 aromatic heterocycles. The quantitative estimate of drug-likeness (QED) is 0.777. The molecule has 1 heterocycles. The minimum absolute atomic E-state index is 0.0311. The Kier molecular flexibility index (Phi) is 3.25. The van der Waals surface area contributed by atoms with Gasteiger partial charge in [0.2, 0.25) is 0 Å². The van der Waals surface area contributed by atoms with E-state index in [4.69, 9.17) is 0 Å². The van der Waals surface area contributed by atoms with E-state index in [0.29, 0.717) is 18.5 Å². The third kappa shape index (κ3) is 2.07. The summed E-state index contributed by atoms with van der Waals surface area (Å²) in [7, 11) is 0. The lowest BCUT2D eigenvalue weighted by atomic mass is 9.96. The van der Waals surface area contributed by atoms with Crippen molar-refractivity contribution in [2.45, 2.75) is 46.6 Å². The van der Waals surface area contributed by atoms with Crippen LogP contribution in [0, 0.1) is 20.8 Å². The predicted molar refractivity (Wildman–Crippen MR) is 75.4 cm³/mol. The number of aryl methyl sites for hydroxylation is 1. The number of hydrogen-bond acceptors (Lipinski definition) is 2. The number of Topliss-reactive ketones (excluding diaryl/α,β-unsaturated/α-hetero) is 1. The molecule has 0 N–H and O–H groups in total. The van der Waals surface area contributed by atoms with Gasteiger partial charge in [0.25, 0.3) is 5.91 Å². The SMILES string of the molecule is Cc1ccc(C(=O)N2CCC(=O)C2(C)C)c(C)c1C. The zero-order valence-corrected chi connectivity index (χ0v) is 12.3. The molecule has 19 heavy (non-hydrogen) atoms. The van der Waals surface area contributed by atoms with Gasteiger partial charge in [0.1, 0.15) is 0 Å². The van der Waals surface area contributed by atoms with Crippen LogP contribution in [0.5, 0.6) is 0 Å². The van der Waals surface area contributed by atoms with Crippen LogP contribution in [0.15, 0.2) is 12.1 Å². The first-order valence-corrected chi connectivity index (χ1v) is 6.69. The van der Waals surface area contributed by atoms with E-state index < -0.39 is 5.54 Å². The number of hydrogen-bond donors (Lipinski definition) is 0. The molecule has 1 fully saturated rings. The molecule has 0 atom stereocenters. The minimum atomic E-state index is -0.678. The maximum Gasteiger partial charge on any atom is 0.254 e. The van der Waals surface area contributed by atoms with Crippen molar-refractivity contribution in [3.63, 3.8) is 0 Å². The molecule has 1 aromatic carbocycles. The lowest BCUT2D eigenvalue weighted by molar-refractivity contribution is -0.123. The lowest BCUT2D eigenvalue weighted by Gasteiger charge is -2.30. The molecule has 0 unspecified atom stereocenters. The first-order chi connectivity index (χ1) is 8.76. The first-order valence-electron chi connectivity index (χ1n) is 6.69. The van der Waals surface area contributed by atoms with Gasteiger partial charge in [-0.05, 0) is 57.4 Å². The highest BCUT2D eigenvalue weighted by molar-refractivity contribution is 6.02. The van der Waals surface area contributed by atoms with Crippen LogP contribution in [-0.4, -0.2) is 28.7 Å². The van der Waals surface area contributed by atoms with E-state index in [1.165, 1.54) is 5.56 Å². The van der Waals surface area contributed by atoms with Gasteiger partial charge in [-0.2, -0.15) is 0 Å². The standard InChI is InChI=1S/C16H21NO2/c1-10-6-7-13(12(3)11(10)2)15(19)17-9-8-14(18)16(17,4)5/h6-7H,8-9H2,1-5H3. The molecule has 0 bridgehead atoms. The molecule has 3 heteroatoms. The monoisotopic (exact) mass is 259 g/mol. The Bertz CT molecular complexity index is 558. The van der Waals surface area contributed by atoms with Crippen molar-refractivity contribution >= 4 is 11.7 Å². The van der Waals surface area contributed by atoms with E-state index in [1.807, 2.05) is 46.8 Å². The smallest absolute Gasteiger partial charge is 0.254 e. The van der Waals surface area contributed by atoms with E-state index >= 15 is 0 Å². The highest BCUT2D eigenvalue weighted by atomic mass is 16.2. The Hall–Kier alpha value is -1.64. The lowest BCUT2D eigenvalue weighted by Crippen LogP contribution is -2.46. The molecule has 3 nitrogen and oxygen atoms in total. The molecule has 1 saturated heterocycles. The zero-order valence-electron chi connectivity index (χ0n) is 12.3. The summed E-state index contributed by atoms with van der Waals surface area (Å²) in [6.07, 6.45) is 0.461. The van der Waals surface area contributed by atoms with Crippen molar-refractivity contribution < 1.29 is 9.59 Å². The molecule has 1 aromatic rings. The number of nitrogens with zero attached hydrogens (tertiary/aromatic N) is 1. The Morgan fingerprint density at radius 1 is 1.16 bits per heavy atom. The number of carbonyl (C=O) groups excluding carboxylic acids is 2. The first kappa shape index (κ1) is 13.8. The second-order valence-corrected chi connectivity index (χ2v) is 5.87. The molecule has 2 rings (SSSR count). The second kappa shape index (κ2) is 4.48. The summed E-state index contributed by atoms with van der Waals surface area (Å²) in [6.45, 7) is 10.2. The molecule has 1 aliphatic heterocycles. The van der Waals surface area contributed by atoms with Crippen molar-refractivity contribution in [2.75, 3.05) is 6.54 Å². The van der Waals surface area contributed by atoms with Gasteiger partial charge in [-0.25, -0.2) is 0 Å². The van der Waals surface area contributed by atoms with Crippen molar-refractivity contribution in [3.05, 3.63) is 34.4 Å². The topological polar surface area (TPSA) is 37.4 Å². The van der Waals surface area contributed by atoms with Crippen LogP contribution < -0.4 is 0 Å².